The van der Waals surface area contributed by atoms with Gasteiger partial charge in [-0.1, -0.05) is 72.8 Å². The van der Waals surface area contributed by atoms with Gasteiger partial charge in [-0.2, -0.15) is 0 Å². The van der Waals surface area contributed by atoms with Gasteiger partial charge in [0.05, 0.1) is 22.8 Å². The highest BCUT2D eigenvalue weighted by Gasteiger charge is 2.52. The average molecular weight is 468 g/mol. The maximum Gasteiger partial charge on any atom is 0.495 e. The second-order valence-corrected chi connectivity index (χ2v) is 10.1. The molecule has 1 fully saturated rings. The summed E-state index contributed by atoms with van der Waals surface area (Å²) in [6, 6.07) is 25.7. The van der Waals surface area contributed by atoms with Crippen molar-refractivity contribution in [2.75, 3.05) is 6.54 Å². The molecule has 1 N–H and O–H groups in total. The van der Waals surface area contributed by atoms with Gasteiger partial charge in [-0.15, -0.1) is 0 Å². The summed E-state index contributed by atoms with van der Waals surface area (Å²) in [5, 5.41) is 12.8. The van der Waals surface area contributed by atoms with E-state index in [4.69, 9.17) is 9.31 Å². The number of rotatable bonds is 6. The zero-order valence-corrected chi connectivity index (χ0v) is 20.4. The number of benzene rings is 3. The molecular weight excluding hydrogens is 439 g/mol. The summed E-state index contributed by atoms with van der Waals surface area (Å²) >= 11 is 0. The lowest BCUT2D eigenvalue weighted by Crippen LogP contribution is -2.41. The van der Waals surface area contributed by atoms with Crippen molar-refractivity contribution in [3.8, 4) is 11.3 Å². The van der Waals surface area contributed by atoms with E-state index in [0.717, 1.165) is 38.8 Å². The predicted octanol–water partition coefficient (Wildman–Crippen LogP) is 5.54. The zero-order valence-electron chi connectivity index (χ0n) is 20.4. The highest BCUT2D eigenvalue weighted by Crippen LogP contribution is 2.41. The van der Waals surface area contributed by atoms with E-state index in [1.807, 2.05) is 107 Å². The Balaban J connectivity index is 1.73. The average Bonchev–Trinajstić information content (AvgIpc) is 3.31. The lowest BCUT2D eigenvalue weighted by molar-refractivity contribution is -0.481. The van der Waals surface area contributed by atoms with Crippen LogP contribution in [-0.4, -0.2) is 34.8 Å². The van der Waals surface area contributed by atoms with Gasteiger partial charge >= 0.3 is 7.12 Å². The van der Waals surface area contributed by atoms with E-state index in [0.29, 0.717) is 0 Å². The summed E-state index contributed by atoms with van der Waals surface area (Å²) in [5.41, 5.74) is 4.46. The SMILES string of the molecule is CC1(C)OB(c2ccccc2-c2[nH]c3ccccc3c2C(C[N+](=O)[O-])c2ccccc2)OC1(C)C. The van der Waals surface area contributed by atoms with Crippen molar-refractivity contribution >= 4 is 23.5 Å². The summed E-state index contributed by atoms with van der Waals surface area (Å²) in [4.78, 5) is 15.2. The Labute approximate surface area is 205 Å². The summed E-state index contributed by atoms with van der Waals surface area (Å²) in [6.45, 7) is 7.93. The van der Waals surface area contributed by atoms with E-state index in [2.05, 4.69) is 4.98 Å². The van der Waals surface area contributed by atoms with Crippen LogP contribution in [0.15, 0.2) is 78.9 Å². The minimum atomic E-state index is -0.554. The van der Waals surface area contributed by atoms with Gasteiger partial charge < -0.3 is 14.3 Å². The standard InChI is InChI=1S/C28H29BN2O4/c1-27(2)28(3,4)35-29(34-27)23-16-10-8-14-20(23)26-25(21-15-9-11-17-24(21)30-26)22(18-31(32)33)19-12-6-5-7-13-19/h5-17,22,30H,18H2,1-4H3. The van der Waals surface area contributed by atoms with E-state index < -0.39 is 24.2 Å². The molecule has 1 atom stereocenters. The van der Waals surface area contributed by atoms with E-state index >= 15 is 0 Å². The first-order valence-corrected chi connectivity index (χ1v) is 11.9. The highest BCUT2D eigenvalue weighted by atomic mass is 16.7. The third-order valence-electron chi connectivity index (χ3n) is 7.37. The zero-order chi connectivity index (χ0) is 24.8. The maximum absolute atomic E-state index is 11.8. The number of hydrogen-bond acceptors (Lipinski definition) is 4. The first-order valence-electron chi connectivity index (χ1n) is 11.9. The molecule has 3 aromatic carbocycles. The fraction of sp³-hybridized carbons (Fsp3) is 0.286. The van der Waals surface area contributed by atoms with E-state index in [1.54, 1.807) is 0 Å². The Kier molecular flexibility index (Phi) is 5.78. The van der Waals surface area contributed by atoms with Gasteiger partial charge in [0.1, 0.15) is 0 Å². The number of fused-ring (bicyclic) bond motifs is 1. The Hall–Kier alpha value is -3.42. The minimum absolute atomic E-state index is 0.211. The largest absolute Gasteiger partial charge is 0.495 e. The summed E-state index contributed by atoms with van der Waals surface area (Å²) in [7, 11) is -0.554. The minimum Gasteiger partial charge on any atom is -0.399 e. The van der Waals surface area contributed by atoms with Crippen LogP contribution in [0.2, 0.25) is 0 Å². The first kappa shape index (κ1) is 23.3. The van der Waals surface area contributed by atoms with Crippen LogP contribution in [-0.2, 0) is 9.31 Å². The van der Waals surface area contributed by atoms with Crippen LogP contribution < -0.4 is 5.46 Å². The lowest BCUT2D eigenvalue weighted by atomic mass is 9.74. The number of nitro groups is 1. The van der Waals surface area contributed by atoms with Crippen LogP contribution in [0.3, 0.4) is 0 Å². The molecule has 1 aromatic heterocycles. The molecule has 178 valence electrons. The fourth-order valence-corrected chi connectivity index (χ4v) is 4.84. The number of aromatic nitrogens is 1. The molecular formula is C28H29BN2O4. The first-order chi connectivity index (χ1) is 16.7. The molecule has 0 aliphatic carbocycles. The molecule has 0 spiro atoms. The van der Waals surface area contributed by atoms with Crippen LogP contribution >= 0.6 is 0 Å². The number of nitrogens with zero attached hydrogens (tertiary/aromatic N) is 1. The molecule has 1 unspecified atom stereocenters. The molecule has 0 bridgehead atoms. The van der Waals surface area contributed by atoms with E-state index in [9.17, 15) is 10.1 Å². The highest BCUT2D eigenvalue weighted by molar-refractivity contribution is 6.63. The Morgan fingerprint density at radius 1 is 0.886 bits per heavy atom. The Morgan fingerprint density at radius 3 is 2.17 bits per heavy atom. The van der Waals surface area contributed by atoms with Gasteiger partial charge in [0.25, 0.3) is 0 Å². The molecule has 7 heteroatoms. The molecule has 0 amide bonds. The summed E-state index contributed by atoms with van der Waals surface area (Å²) in [5.74, 6) is -0.427. The van der Waals surface area contributed by atoms with Crippen molar-refractivity contribution in [2.45, 2.75) is 44.8 Å². The third kappa shape index (κ3) is 4.15. The van der Waals surface area contributed by atoms with Gasteiger partial charge in [0, 0.05) is 15.8 Å². The van der Waals surface area contributed by atoms with Crippen LogP contribution in [0.25, 0.3) is 22.2 Å². The van der Waals surface area contributed by atoms with Gasteiger partial charge in [-0.3, -0.25) is 10.1 Å². The van der Waals surface area contributed by atoms with Crippen molar-refractivity contribution in [2.24, 2.45) is 0 Å². The monoisotopic (exact) mass is 468 g/mol. The van der Waals surface area contributed by atoms with Crippen molar-refractivity contribution in [1.82, 2.24) is 4.98 Å². The van der Waals surface area contributed by atoms with Gasteiger partial charge in [0.15, 0.2) is 0 Å². The maximum atomic E-state index is 11.8. The van der Waals surface area contributed by atoms with E-state index in [1.165, 1.54) is 0 Å². The van der Waals surface area contributed by atoms with Crippen LogP contribution in [0.4, 0.5) is 0 Å². The number of nitrogens with one attached hydrogen (secondary N) is 1. The topological polar surface area (TPSA) is 77.4 Å². The fourth-order valence-electron chi connectivity index (χ4n) is 4.84. The number of para-hydroxylation sites is 1. The van der Waals surface area contributed by atoms with Crippen molar-refractivity contribution in [1.29, 1.82) is 0 Å². The van der Waals surface area contributed by atoms with Crippen molar-refractivity contribution in [3.63, 3.8) is 0 Å². The third-order valence-corrected chi connectivity index (χ3v) is 7.37. The quantitative estimate of drug-likeness (QED) is 0.229. The van der Waals surface area contributed by atoms with Crippen LogP contribution in [0.5, 0.6) is 0 Å². The molecule has 2 heterocycles. The lowest BCUT2D eigenvalue weighted by Gasteiger charge is -2.32. The molecule has 1 aliphatic rings. The van der Waals surface area contributed by atoms with Gasteiger partial charge in [-0.25, -0.2) is 0 Å². The molecule has 4 aromatic rings. The molecule has 0 saturated carbocycles. The van der Waals surface area contributed by atoms with Crippen LogP contribution in [0, 0.1) is 10.1 Å². The number of hydrogen-bond donors (Lipinski definition) is 1. The molecule has 0 radical (unpaired) electrons. The molecule has 6 nitrogen and oxygen atoms in total. The second-order valence-electron chi connectivity index (χ2n) is 10.1. The predicted molar refractivity (Wildman–Crippen MR) is 140 cm³/mol. The molecule has 5 rings (SSSR count). The molecule has 35 heavy (non-hydrogen) atoms. The normalized spacial score (nSPS) is 17.5. The van der Waals surface area contributed by atoms with Crippen molar-refractivity contribution in [3.05, 3.63) is 100 Å². The summed E-state index contributed by atoms with van der Waals surface area (Å²) < 4.78 is 12.8. The van der Waals surface area contributed by atoms with Gasteiger partial charge in [-0.05, 0) is 55.9 Å². The second kappa shape index (κ2) is 8.66. The summed E-state index contributed by atoms with van der Waals surface area (Å²) in [6.07, 6.45) is 0. The number of H-pyrrole nitrogens is 1. The Morgan fingerprint density at radius 2 is 1.49 bits per heavy atom. The van der Waals surface area contributed by atoms with E-state index in [-0.39, 0.29) is 11.5 Å². The van der Waals surface area contributed by atoms with Crippen LogP contribution in [0.1, 0.15) is 44.7 Å². The van der Waals surface area contributed by atoms with Gasteiger partial charge in [0.2, 0.25) is 6.54 Å². The Bertz CT molecular complexity index is 1360. The van der Waals surface area contributed by atoms with Crippen molar-refractivity contribution < 1.29 is 14.2 Å². The number of aromatic amines is 1. The molecule has 1 saturated heterocycles. The smallest absolute Gasteiger partial charge is 0.399 e. The molecule has 1 aliphatic heterocycles.